The number of nitrogen functional groups attached to an aromatic ring is 1. The van der Waals surface area contributed by atoms with E-state index in [4.69, 9.17) is 5.73 Å². The Morgan fingerprint density at radius 1 is 1.00 bits per heavy atom. The second-order valence-corrected chi connectivity index (χ2v) is 6.58. The van der Waals surface area contributed by atoms with Crippen LogP contribution in [0.2, 0.25) is 0 Å². The highest BCUT2D eigenvalue weighted by Gasteiger charge is 2.15. The molecule has 4 aromatic rings. The fourth-order valence-corrected chi connectivity index (χ4v) is 3.17. The van der Waals surface area contributed by atoms with E-state index in [-0.39, 0.29) is 11.5 Å². The van der Waals surface area contributed by atoms with Crippen LogP contribution in [0.4, 0.5) is 5.95 Å². The first-order valence-electron chi connectivity index (χ1n) is 8.66. The number of aromatic nitrogens is 4. The van der Waals surface area contributed by atoms with Crippen molar-refractivity contribution in [2.75, 3.05) is 5.73 Å². The SMILES string of the molecule is Cc1ccc(Cn2c(=O)c(-c3ccncc3)cc3c(C)nc(N)nc32)cc1. The van der Waals surface area contributed by atoms with Crippen molar-refractivity contribution in [3.8, 4) is 11.1 Å². The number of pyridine rings is 2. The van der Waals surface area contributed by atoms with Crippen molar-refractivity contribution in [3.05, 3.63) is 82.0 Å². The maximum atomic E-state index is 13.3. The normalized spacial score (nSPS) is 11.0. The van der Waals surface area contributed by atoms with Crippen molar-refractivity contribution in [1.29, 1.82) is 0 Å². The monoisotopic (exact) mass is 357 g/mol. The maximum absolute atomic E-state index is 13.3. The topological polar surface area (TPSA) is 86.7 Å². The predicted octanol–water partition coefficient (Wildman–Crippen LogP) is 3.10. The fourth-order valence-electron chi connectivity index (χ4n) is 3.17. The van der Waals surface area contributed by atoms with Gasteiger partial charge in [-0.25, -0.2) is 4.98 Å². The van der Waals surface area contributed by atoms with E-state index in [1.807, 2.05) is 56.3 Å². The molecular formula is C21H19N5O. The highest BCUT2D eigenvalue weighted by atomic mass is 16.1. The van der Waals surface area contributed by atoms with E-state index in [0.717, 1.165) is 22.2 Å². The van der Waals surface area contributed by atoms with Crippen LogP contribution in [0.3, 0.4) is 0 Å². The van der Waals surface area contributed by atoms with E-state index in [1.54, 1.807) is 17.0 Å². The van der Waals surface area contributed by atoms with Crippen molar-refractivity contribution >= 4 is 17.0 Å². The fraction of sp³-hybridized carbons (Fsp3) is 0.143. The van der Waals surface area contributed by atoms with Gasteiger partial charge >= 0.3 is 0 Å². The molecule has 3 heterocycles. The molecule has 2 N–H and O–H groups in total. The lowest BCUT2D eigenvalue weighted by Crippen LogP contribution is -2.24. The van der Waals surface area contributed by atoms with E-state index in [2.05, 4.69) is 15.0 Å². The maximum Gasteiger partial charge on any atom is 0.260 e. The summed E-state index contributed by atoms with van der Waals surface area (Å²) in [5.74, 6) is 0.161. The van der Waals surface area contributed by atoms with E-state index >= 15 is 0 Å². The second-order valence-electron chi connectivity index (χ2n) is 6.58. The lowest BCUT2D eigenvalue weighted by Gasteiger charge is -2.14. The number of nitrogens with two attached hydrogens (primary N) is 1. The Balaban J connectivity index is 2.00. The van der Waals surface area contributed by atoms with Gasteiger partial charge < -0.3 is 5.73 Å². The van der Waals surface area contributed by atoms with Gasteiger partial charge in [-0.05, 0) is 43.2 Å². The molecule has 0 aliphatic carbocycles. The van der Waals surface area contributed by atoms with Gasteiger partial charge in [0.15, 0.2) is 0 Å². The van der Waals surface area contributed by atoms with Crippen LogP contribution in [0, 0.1) is 13.8 Å². The Labute approximate surface area is 156 Å². The summed E-state index contributed by atoms with van der Waals surface area (Å²) in [4.78, 5) is 26.0. The minimum absolute atomic E-state index is 0.119. The summed E-state index contributed by atoms with van der Waals surface area (Å²) in [6, 6.07) is 13.6. The van der Waals surface area contributed by atoms with Gasteiger partial charge in [-0.15, -0.1) is 0 Å². The van der Waals surface area contributed by atoms with Crippen LogP contribution >= 0.6 is 0 Å². The predicted molar refractivity (Wildman–Crippen MR) is 106 cm³/mol. The van der Waals surface area contributed by atoms with Crippen molar-refractivity contribution in [2.45, 2.75) is 20.4 Å². The van der Waals surface area contributed by atoms with Crippen molar-refractivity contribution in [3.63, 3.8) is 0 Å². The molecule has 0 radical (unpaired) electrons. The molecule has 27 heavy (non-hydrogen) atoms. The van der Waals surface area contributed by atoms with Crippen LogP contribution in [0.1, 0.15) is 16.8 Å². The molecular weight excluding hydrogens is 338 g/mol. The summed E-state index contributed by atoms with van der Waals surface area (Å²) in [7, 11) is 0. The van der Waals surface area contributed by atoms with Crippen LogP contribution in [0.25, 0.3) is 22.2 Å². The van der Waals surface area contributed by atoms with E-state index in [9.17, 15) is 4.79 Å². The molecule has 4 rings (SSSR count). The van der Waals surface area contributed by atoms with Gasteiger partial charge in [0.1, 0.15) is 5.65 Å². The zero-order chi connectivity index (χ0) is 19.0. The summed E-state index contributed by atoms with van der Waals surface area (Å²) < 4.78 is 1.67. The van der Waals surface area contributed by atoms with Crippen molar-refractivity contribution in [1.82, 2.24) is 19.5 Å². The standard InChI is InChI=1S/C21H19N5O/c1-13-3-5-15(6-4-13)12-26-19-17(14(2)24-21(22)25-19)11-18(20(26)27)16-7-9-23-10-8-16/h3-11H,12H2,1-2H3,(H2,22,24,25). The molecule has 0 atom stereocenters. The molecule has 0 saturated heterocycles. The van der Waals surface area contributed by atoms with Gasteiger partial charge in [-0.1, -0.05) is 29.8 Å². The zero-order valence-corrected chi connectivity index (χ0v) is 15.2. The quantitative estimate of drug-likeness (QED) is 0.609. The van der Waals surface area contributed by atoms with Crippen LogP contribution in [-0.2, 0) is 6.54 Å². The Kier molecular flexibility index (Phi) is 4.16. The average molecular weight is 357 g/mol. The van der Waals surface area contributed by atoms with Gasteiger partial charge in [0.2, 0.25) is 5.95 Å². The van der Waals surface area contributed by atoms with Crippen molar-refractivity contribution in [2.24, 2.45) is 0 Å². The number of hydrogen-bond donors (Lipinski definition) is 1. The van der Waals surface area contributed by atoms with Gasteiger partial charge in [0, 0.05) is 23.3 Å². The van der Waals surface area contributed by atoms with Crippen molar-refractivity contribution < 1.29 is 0 Å². The third kappa shape index (κ3) is 3.17. The van der Waals surface area contributed by atoms with E-state index in [1.165, 1.54) is 5.56 Å². The molecule has 0 aliphatic heterocycles. The first-order chi connectivity index (χ1) is 13.0. The summed E-state index contributed by atoms with van der Waals surface area (Å²) in [5.41, 5.74) is 10.6. The molecule has 1 aromatic carbocycles. The molecule has 0 amide bonds. The van der Waals surface area contributed by atoms with Crippen LogP contribution < -0.4 is 11.3 Å². The number of benzene rings is 1. The molecule has 0 fully saturated rings. The van der Waals surface area contributed by atoms with Crippen LogP contribution in [0.15, 0.2) is 59.7 Å². The molecule has 0 spiro atoms. The largest absolute Gasteiger partial charge is 0.368 e. The highest BCUT2D eigenvalue weighted by Crippen LogP contribution is 2.23. The van der Waals surface area contributed by atoms with Gasteiger partial charge in [0.05, 0.1) is 12.2 Å². The Hall–Kier alpha value is -3.54. The number of anilines is 1. The molecule has 0 unspecified atom stereocenters. The smallest absolute Gasteiger partial charge is 0.260 e. The molecule has 6 heteroatoms. The minimum Gasteiger partial charge on any atom is -0.368 e. The second kappa shape index (κ2) is 6.64. The van der Waals surface area contributed by atoms with E-state index in [0.29, 0.717) is 17.8 Å². The first kappa shape index (κ1) is 16.9. The molecule has 0 saturated carbocycles. The molecule has 0 aliphatic rings. The Bertz CT molecular complexity index is 1180. The summed E-state index contributed by atoms with van der Waals surface area (Å²) in [6.45, 7) is 4.31. The van der Waals surface area contributed by atoms with Gasteiger partial charge in [-0.2, -0.15) is 4.98 Å². The first-order valence-corrected chi connectivity index (χ1v) is 8.66. The zero-order valence-electron chi connectivity index (χ0n) is 15.2. The number of hydrogen-bond acceptors (Lipinski definition) is 5. The van der Waals surface area contributed by atoms with Gasteiger partial charge in [-0.3, -0.25) is 14.3 Å². The lowest BCUT2D eigenvalue weighted by molar-refractivity contribution is 0.783. The summed E-state index contributed by atoms with van der Waals surface area (Å²) in [5, 5.41) is 0.808. The molecule has 6 nitrogen and oxygen atoms in total. The number of fused-ring (bicyclic) bond motifs is 1. The average Bonchev–Trinajstić information content (AvgIpc) is 2.66. The summed E-state index contributed by atoms with van der Waals surface area (Å²) in [6.07, 6.45) is 3.35. The number of nitrogens with zero attached hydrogens (tertiary/aromatic N) is 4. The van der Waals surface area contributed by atoms with E-state index < -0.39 is 0 Å². The third-order valence-electron chi connectivity index (χ3n) is 4.61. The van der Waals surface area contributed by atoms with Crippen LogP contribution in [-0.4, -0.2) is 19.5 Å². The lowest BCUT2D eigenvalue weighted by atomic mass is 10.1. The summed E-state index contributed by atoms with van der Waals surface area (Å²) >= 11 is 0. The number of aryl methyl sites for hydroxylation is 2. The van der Waals surface area contributed by atoms with Gasteiger partial charge in [0.25, 0.3) is 5.56 Å². The molecule has 0 bridgehead atoms. The number of rotatable bonds is 3. The minimum atomic E-state index is -0.119. The Morgan fingerprint density at radius 2 is 1.70 bits per heavy atom. The van der Waals surface area contributed by atoms with Crippen LogP contribution in [0.5, 0.6) is 0 Å². The molecule has 134 valence electrons. The molecule has 3 aromatic heterocycles. The Morgan fingerprint density at radius 3 is 2.41 bits per heavy atom. The highest BCUT2D eigenvalue weighted by molar-refractivity contribution is 5.84. The third-order valence-corrected chi connectivity index (χ3v) is 4.61.